The van der Waals surface area contributed by atoms with Gasteiger partial charge in [-0.05, 0) is 54.6 Å². The first-order chi connectivity index (χ1) is 15.5. The molecule has 160 valence electrons. The Morgan fingerprint density at radius 3 is 2.25 bits per heavy atom. The van der Waals surface area contributed by atoms with Crippen LogP contribution in [0.3, 0.4) is 0 Å². The molecule has 3 aromatic carbocycles. The molecule has 0 spiro atoms. The minimum absolute atomic E-state index is 0.0655. The number of rotatable bonds is 4. The third kappa shape index (κ3) is 3.56. The molecule has 2 aliphatic rings. The van der Waals surface area contributed by atoms with Gasteiger partial charge in [0, 0.05) is 18.8 Å². The van der Waals surface area contributed by atoms with Gasteiger partial charge in [0.1, 0.15) is 17.3 Å². The number of para-hydroxylation sites is 1. The van der Waals surface area contributed by atoms with Gasteiger partial charge in [0.2, 0.25) is 0 Å². The van der Waals surface area contributed by atoms with E-state index in [0.29, 0.717) is 17.2 Å². The highest BCUT2D eigenvalue weighted by Gasteiger charge is 2.45. The zero-order valence-corrected chi connectivity index (χ0v) is 16.8. The fraction of sp³-hybridized carbons (Fsp3) is 0.125. The minimum Gasteiger partial charge on any atom is -0.457 e. The fourth-order valence-corrected chi connectivity index (χ4v) is 3.78. The van der Waals surface area contributed by atoms with E-state index in [4.69, 9.17) is 4.74 Å². The van der Waals surface area contributed by atoms with Crippen LogP contribution in [0.25, 0.3) is 0 Å². The van der Waals surface area contributed by atoms with Crippen LogP contribution in [0.4, 0.5) is 14.9 Å². The third-order valence-electron chi connectivity index (χ3n) is 5.48. The standard InChI is InChI=1S/C24H18FN3O4/c25-15-6-11-20-21(12-15)23(30)28(22(20)29)17-13-27(14-17)24(31)26-16-7-9-19(10-8-16)32-18-4-2-1-3-5-18/h1-12,17H,13-14H2,(H,26,31). The summed E-state index contributed by atoms with van der Waals surface area (Å²) < 4.78 is 19.2. The van der Waals surface area contributed by atoms with Crippen molar-refractivity contribution < 1.29 is 23.5 Å². The number of fused-ring (bicyclic) bond motifs is 1. The van der Waals surface area contributed by atoms with Gasteiger partial charge in [-0.3, -0.25) is 14.5 Å². The Kier molecular flexibility index (Phi) is 4.82. The van der Waals surface area contributed by atoms with Crippen molar-refractivity contribution in [1.82, 2.24) is 9.80 Å². The van der Waals surface area contributed by atoms with Crippen LogP contribution in [0.1, 0.15) is 20.7 Å². The molecule has 32 heavy (non-hydrogen) atoms. The molecule has 1 fully saturated rings. The van der Waals surface area contributed by atoms with Gasteiger partial charge in [0.15, 0.2) is 0 Å². The molecule has 1 N–H and O–H groups in total. The monoisotopic (exact) mass is 431 g/mol. The minimum atomic E-state index is -0.568. The van der Waals surface area contributed by atoms with E-state index in [1.807, 2.05) is 30.3 Å². The number of likely N-dealkylation sites (tertiary alicyclic amines) is 1. The van der Waals surface area contributed by atoms with E-state index in [2.05, 4.69) is 5.32 Å². The number of benzene rings is 3. The van der Waals surface area contributed by atoms with E-state index in [0.717, 1.165) is 17.0 Å². The normalized spacial score (nSPS) is 15.4. The molecule has 1 saturated heterocycles. The van der Waals surface area contributed by atoms with Crippen molar-refractivity contribution in [2.45, 2.75) is 6.04 Å². The third-order valence-corrected chi connectivity index (χ3v) is 5.48. The molecule has 5 rings (SSSR count). The highest BCUT2D eigenvalue weighted by Crippen LogP contribution is 2.29. The lowest BCUT2D eigenvalue weighted by molar-refractivity contribution is 0.0380. The number of carbonyl (C=O) groups excluding carboxylic acids is 3. The second-order valence-corrected chi connectivity index (χ2v) is 7.60. The summed E-state index contributed by atoms with van der Waals surface area (Å²) in [6, 6.07) is 19.1. The molecule has 0 saturated carbocycles. The quantitative estimate of drug-likeness (QED) is 0.630. The lowest BCUT2D eigenvalue weighted by Gasteiger charge is -2.42. The Hall–Kier alpha value is -4.20. The van der Waals surface area contributed by atoms with Gasteiger partial charge in [-0.15, -0.1) is 0 Å². The lowest BCUT2D eigenvalue weighted by atomic mass is 10.1. The Balaban J connectivity index is 1.17. The predicted octanol–water partition coefficient (Wildman–Crippen LogP) is 4.13. The number of imide groups is 1. The van der Waals surface area contributed by atoms with Crippen LogP contribution in [0.2, 0.25) is 0 Å². The molecule has 3 aromatic rings. The van der Waals surface area contributed by atoms with E-state index in [1.165, 1.54) is 11.0 Å². The summed E-state index contributed by atoms with van der Waals surface area (Å²) in [5.74, 6) is -0.193. The molecule has 0 aliphatic carbocycles. The molecule has 4 amide bonds. The van der Waals surface area contributed by atoms with E-state index in [-0.39, 0.29) is 30.2 Å². The summed E-state index contributed by atoms with van der Waals surface area (Å²) in [4.78, 5) is 40.2. The van der Waals surface area contributed by atoms with Crippen molar-refractivity contribution in [1.29, 1.82) is 0 Å². The maximum Gasteiger partial charge on any atom is 0.321 e. The second-order valence-electron chi connectivity index (χ2n) is 7.60. The molecule has 2 heterocycles. The van der Waals surface area contributed by atoms with Crippen LogP contribution in [0.15, 0.2) is 72.8 Å². The van der Waals surface area contributed by atoms with Crippen molar-refractivity contribution in [2.75, 3.05) is 18.4 Å². The van der Waals surface area contributed by atoms with E-state index < -0.39 is 23.7 Å². The van der Waals surface area contributed by atoms with E-state index in [9.17, 15) is 18.8 Å². The van der Waals surface area contributed by atoms with Gasteiger partial charge in [-0.25, -0.2) is 9.18 Å². The lowest BCUT2D eigenvalue weighted by Crippen LogP contribution is -2.63. The Morgan fingerprint density at radius 1 is 0.875 bits per heavy atom. The molecule has 2 aliphatic heterocycles. The summed E-state index contributed by atoms with van der Waals surface area (Å²) in [6.07, 6.45) is 0. The first-order valence-corrected chi connectivity index (χ1v) is 10.1. The number of anilines is 1. The summed E-state index contributed by atoms with van der Waals surface area (Å²) in [5, 5.41) is 2.79. The van der Waals surface area contributed by atoms with E-state index >= 15 is 0 Å². The summed E-state index contributed by atoms with van der Waals surface area (Å²) in [6.45, 7) is 0.434. The number of urea groups is 1. The molecule has 7 nitrogen and oxygen atoms in total. The van der Waals surface area contributed by atoms with Crippen LogP contribution in [0, 0.1) is 5.82 Å². The Bertz CT molecular complexity index is 1210. The summed E-state index contributed by atoms with van der Waals surface area (Å²) >= 11 is 0. The average Bonchev–Trinajstić information content (AvgIpc) is 2.99. The molecule has 8 heteroatoms. The number of hydrogen-bond donors (Lipinski definition) is 1. The molecular formula is C24H18FN3O4. The zero-order chi connectivity index (χ0) is 22.2. The smallest absolute Gasteiger partial charge is 0.321 e. The predicted molar refractivity (Wildman–Crippen MR) is 114 cm³/mol. The Labute approximate surface area is 183 Å². The van der Waals surface area contributed by atoms with Crippen molar-refractivity contribution in [3.63, 3.8) is 0 Å². The number of amides is 4. The number of halogens is 1. The van der Waals surface area contributed by atoms with Gasteiger partial charge in [-0.2, -0.15) is 0 Å². The number of carbonyl (C=O) groups is 3. The van der Waals surface area contributed by atoms with Gasteiger partial charge in [0.25, 0.3) is 11.8 Å². The average molecular weight is 431 g/mol. The van der Waals surface area contributed by atoms with E-state index in [1.54, 1.807) is 24.3 Å². The Morgan fingerprint density at radius 2 is 1.53 bits per heavy atom. The van der Waals surface area contributed by atoms with Crippen LogP contribution in [-0.2, 0) is 0 Å². The molecule has 0 aromatic heterocycles. The van der Waals surface area contributed by atoms with Crippen molar-refractivity contribution in [3.05, 3.63) is 89.7 Å². The van der Waals surface area contributed by atoms with Gasteiger partial charge >= 0.3 is 6.03 Å². The highest BCUT2D eigenvalue weighted by molar-refractivity contribution is 6.21. The highest BCUT2D eigenvalue weighted by atomic mass is 19.1. The number of nitrogens with one attached hydrogen (secondary N) is 1. The summed E-state index contributed by atoms with van der Waals surface area (Å²) in [5.41, 5.74) is 0.850. The van der Waals surface area contributed by atoms with Crippen LogP contribution in [0.5, 0.6) is 11.5 Å². The summed E-state index contributed by atoms with van der Waals surface area (Å²) in [7, 11) is 0. The second kappa shape index (κ2) is 7.81. The van der Waals surface area contributed by atoms with Crippen molar-refractivity contribution in [2.24, 2.45) is 0 Å². The number of nitrogens with zero attached hydrogens (tertiary/aromatic N) is 2. The molecule has 0 bridgehead atoms. The zero-order valence-electron chi connectivity index (χ0n) is 16.8. The molecule has 0 unspecified atom stereocenters. The van der Waals surface area contributed by atoms with Gasteiger partial charge < -0.3 is 15.0 Å². The fourth-order valence-electron chi connectivity index (χ4n) is 3.78. The topological polar surface area (TPSA) is 79.0 Å². The van der Waals surface area contributed by atoms with Crippen molar-refractivity contribution >= 4 is 23.5 Å². The number of ether oxygens (including phenoxy) is 1. The van der Waals surface area contributed by atoms with Crippen LogP contribution < -0.4 is 10.1 Å². The van der Waals surface area contributed by atoms with Crippen LogP contribution >= 0.6 is 0 Å². The largest absolute Gasteiger partial charge is 0.457 e. The van der Waals surface area contributed by atoms with Crippen molar-refractivity contribution in [3.8, 4) is 11.5 Å². The molecular weight excluding hydrogens is 413 g/mol. The SMILES string of the molecule is O=C(Nc1ccc(Oc2ccccc2)cc1)N1CC(N2C(=O)c3ccc(F)cc3C2=O)C1. The number of hydrogen-bond acceptors (Lipinski definition) is 4. The molecule has 0 radical (unpaired) electrons. The maximum absolute atomic E-state index is 13.4. The first kappa shape index (κ1) is 19.7. The maximum atomic E-state index is 13.4. The molecule has 0 atom stereocenters. The van der Waals surface area contributed by atoms with Gasteiger partial charge in [-0.1, -0.05) is 18.2 Å². The van der Waals surface area contributed by atoms with Crippen LogP contribution in [-0.4, -0.2) is 46.8 Å². The first-order valence-electron chi connectivity index (χ1n) is 10.1. The van der Waals surface area contributed by atoms with Gasteiger partial charge in [0.05, 0.1) is 17.2 Å².